The Hall–Kier alpha value is -2.40. The Kier molecular flexibility index (Phi) is 7.04. The minimum Gasteiger partial charge on any atom is -0.367 e. The first-order chi connectivity index (χ1) is 13.6. The van der Waals surface area contributed by atoms with E-state index in [0.29, 0.717) is 12.2 Å². The number of carbonyl (C=O) groups excluding carboxylic acids is 1. The van der Waals surface area contributed by atoms with Crippen molar-refractivity contribution in [1.82, 2.24) is 10.2 Å². The van der Waals surface area contributed by atoms with Crippen LogP contribution < -0.4 is 10.2 Å². The van der Waals surface area contributed by atoms with Crippen LogP contribution in [-0.4, -0.2) is 43.5 Å². The molecule has 150 valence electrons. The van der Waals surface area contributed by atoms with Crippen LogP contribution in [0.2, 0.25) is 0 Å². The number of nitrogens with zero attached hydrogens (tertiary/aromatic N) is 2. The molecule has 0 spiro atoms. The molecule has 0 aromatic heterocycles. The van der Waals surface area contributed by atoms with Gasteiger partial charge < -0.3 is 10.2 Å². The number of nitrogens with one attached hydrogen (secondary N) is 1. The smallest absolute Gasteiger partial charge is 0.234 e. The Morgan fingerprint density at radius 3 is 2.39 bits per heavy atom. The summed E-state index contributed by atoms with van der Waals surface area (Å²) in [5, 5.41) is 3.09. The second kappa shape index (κ2) is 9.69. The lowest BCUT2D eigenvalue weighted by Crippen LogP contribution is -2.49. The maximum Gasteiger partial charge on any atom is 0.234 e. The van der Waals surface area contributed by atoms with E-state index in [1.54, 1.807) is 6.07 Å². The van der Waals surface area contributed by atoms with Crippen LogP contribution in [0.4, 0.5) is 10.1 Å². The molecule has 1 aliphatic heterocycles. The van der Waals surface area contributed by atoms with E-state index in [1.807, 2.05) is 24.0 Å². The van der Waals surface area contributed by atoms with E-state index in [2.05, 4.69) is 41.4 Å². The van der Waals surface area contributed by atoms with Gasteiger partial charge in [-0.05, 0) is 36.6 Å². The summed E-state index contributed by atoms with van der Waals surface area (Å²) in [5.41, 5.74) is 3.10. The highest BCUT2D eigenvalue weighted by Gasteiger charge is 2.21. The number of piperazine rings is 1. The van der Waals surface area contributed by atoms with E-state index < -0.39 is 0 Å². The minimum absolute atomic E-state index is 0.0112. The summed E-state index contributed by atoms with van der Waals surface area (Å²) >= 11 is 0. The topological polar surface area (TPSA) is 35.6 Å². The van der Waals surface area contributed by atoms with Crippen molar-refractivity contribution in [3.8, 4) is 0 Å². The predicted octanol–water partition coefficient (Wildman–Crippen LogP) is 3.78. The van der Waals surface area contributed by atoms with E-state index in [4.69, 9.17) is 0 Å². The molecule has 0 saturated carbocycles. The van der Waals surface area contributed by atoms with Gasteiger partial charge in [0.05, 0.1) is 18.3 Å². The van der Waals surface area contributed by atoms with Crippen molar-refractivity contribution in [1.29, 1.82) is 0 Å². The van der Waals surface area contributed by atoms with Crippen LogP contribution in [0.5, 0.6) is 0 Å². The summed E-state index contributed by atoms with van der Waals surface area (Å²) in [6.45, 7) is 7.52. The molecule has 1 aliphatic rings. The molecule has 28 heavy (non-hydrogen) atoms. The van der Waals surface area contributed by atoms with Gasteiger partial charge in [-0.3, -0.25) is 9.69 Å². The lowest BCUT2D eigenvalue weighted by atomic mass is 10.0. The number of anilines is 1. The number of aryl methyl sites for hydroxylation is 1. The minimum atomic E-state index is -0.188. The second-order valence-corrected chi connectivity index (χ2v) is 7.50. The highest BCUT2D eigenvalue weighted by molar-refractivity contribution is 5.78. The van der Waals surface area contributed by atoms with Crippen molar-refractivity contribution >= 4 is 11.6 Å². The number of carbonyl (C=O) groups is 1. The Morgan fingerprint density at radius 1 is 1.07 bits per heavy atom. The molecule has 5 heteroatoms. The van der Waals surface area contributed by atoms with Gasteiger partial charge in [0.25, 0.3) is 0 Å². The molecular formula is C23H30FN3O. The zero-order valence-electron chi connectivity index (χ0n) is 16.8. The fourth-order valence-electron chi connectivity index (χ4n) is 3.69. The van der Waals surface area contributed by atoms with Gasteiger partial charge in [0, 0.05) is 26.2 Å². The van der Waals surface area contributed by atoms with Crippen LogP contribution in [0.15, 0.2) is 48.5 Å². The maximum atomic E-state index is 13.9. The fraction of sp³-hybridized carbons (Fsp3) is 0.435. The van der Waals surface area contributed by atoms with Crippen LogP contribution in [-0.2, 0) is 11.2 Å². The molecule has 0 aliphatic carbocycles. The highest BCUT2D eigenvalue weighted by atomic mass is 19.1. The number of rotatable bonds is 7. The van der Waals surface area contributed by atoms with Crippen LogP contribution in [0.1, 0.15) is 37.4 Å². The van der Waals surface area contributed by atoms with Gasteiger partial charge >= 0.3 is 0 Å². The zero-order valence-corrected chi connectivity index (χ0v) is 16.8. The van der Waals surface area contributed by atoms with E-state index in [-0.39, 0.29) is 17.8 Å². The van der Waals surface area contributed by atoms with Gasteiger partial charge in [-0.15, -0.1) is 0 Å². The number of halogens is 1. The first kappa shape index (κ1) is 20.3. The van der Waals surface area contributed by atoms with Gasteiger partial charge in [-0.1, -0.05) is 49.7 Å². The molecule has 3 rings (SSSR count). The average molecular weight is 384 g/mol. The average Bonchev–Trinajstić information content (AvgIpc) is 2.70. The lowest BCUT2D eigenvalue weighted by molar-refractivity contribution is -0.123. The number of para-hydroxylation sites is 1. The molecule has 2 aromatic carbocycles. The van der Waals surface area contributed by atoms with E-state index >= 15 is 0 Å². The van der Waals surface area contributed by atoms with E-state index in [9.17, 15) is 9.18 Å². The Bertz CT molecular complexity index is 770. The molecule has 1 atom stereocenters. The normalized spacial score (nSPS) is 16.0. The Morgan fingerprint density at radius 2 is 1.75 bits per heavy atom. The third-order valence-corrected chi connectivity index (χ3v) is 5.33. The quantitative estimate of drug-likeness (QED) is 0.790. The predicted molar refractivity (Wildman–Crippen MR) is 112 cm³/mol. The summed E-state index contributed by atoms with van der Waals surface area (Å²) in [6, 6.07) is 15.3. The molecule has 0 bridgehead atoms. The number of amides is 1. The second-order valence-electron chi connectivity index (χ2n) is 7.50. The van der Waals surface area contributed by atoms with E-state index in [0.717, 1.165) is 44.6 Å². The molecule has 2 aromatic rings. The molecule has 0 radical (unpaired) electrons. The molecule has 4 nitrogen and oxygen atoms in total. The van der Waals surface area contributed by atoms with Crippen molar-refractivity contribution in [3.05, 3.63) is 65.5 Å². The highest BCUT2D eigenvalue weighted by Crippen LogP contribution is 2.20. The van der Waals surface area contributed by atoms with Crippen LogP contribution >= 0.6 is 0 Å². The van der Waals surface area contributed by atoms with Gasteiger partial charge in [-0.25, -0.2) is 4.39 Å². The molecule has 0 unspecified atom stereocenters. The van der Waals surface area contributed by atoms with Crippen molar-refractivity contribution in [2.45, 2.75) is 32.7 Å². The summed E-state index contributed by atoms with van der Waals surface area (Å²) in [7, 11) is 0. The molecule has 1 heterocycles. The third kappa shape index (κ3) is 5.32. The summed E-state index contributed by atoms with van der Waals surface area (Å²) in [4.78, 5) is 16.6. The van der Waals surface area contributed by atoms with Crippen molar-refractivity contribution in [2.24, 2.45) is 0 Å². The fourth-order valence-corrected chi connectivity index (χ4v) is 3.69. The van der Waals surface area contributed by atoms with Crippen LogP contribution in [0.3, 0.4) is 0 Å². The van der Waals surface area contributed by atoms with Gasteiger partial charge in [0.2, 0.25) is 5.91 Å². The number of benzene rings is 2. The third-order valence-electron chi connectivity index (χ3n) is 5.33. The Labute approximate surface area is 167 Å². The standard InChI is InChI=1S/C23H30FN3O/c1-3-6-19-9-11-20(12-10-19)18(2)25-23(28)17-26-13-15-27(16-14-26)22-8-5-4-7-21(22)24/h4-5,7-12,18H,3,6,13-17H2,1-2H3,(H,25,28)/t18-/m0/s1. The lowest BCUT2D eigenvalue weighted by Gasteiger charge is -2.36. The van der Waals surface area contributed by atoms with Gasteiger partial charge in [-0.2, -0.15) is 0 Å². The Balaban J connectivity index is 1.46. The van der Waals surface area contributed by atoms with Gasteiger partial charge in [0.1, 0.15) is 5.82 Å². The molecule has 1 fully saturated rings. The van der Waals surface area contributed by atoms with Crippen molar-refractivity contribution in [3.63, 3.8) is 0 Å². The largest absolute Gasteiger partial charge is 0.367 e. The van der Waals surface area contributed by atoms with Gasteiger partial charge in [0.15, 0.2) is 0 Å². The molecule has 1 amide bonds. The maximum absolute atomic E-state index is 13.9. The monoisotopic (exact) mass is 383 g/mol. The molecule has 1 N–H and O–H groups in total. The van der Waals surface area contributed by atoms with Crippen molar-refractivity contribution in [2.75, 3.05) is 37.6 Å². The molecule has 1 saturated heterocycles. The number of hydrogen-bond acceptors (Lipinski definition) is 3. The van der Waals surface area contributed by atoms with Crippen LogP contribution in [0.25, 0.3) is 0 Å². The van der Waals surface area contributed by atoms with E-state index in [1.165, 1.54) is 11.6 Å². The van der Waals surface area contributed by atoms with Crippen molar-refractivity contribution < 1.29 is 9.18 Å². The summed E-state index contributed by atoms with van der Waals surface area (Å²) in [5.74, 6) is -0.156. The number of hydrogen-bond donors (Lipinski definition) is 1. The SMILES string of the molecule is CCCc1ccc([C@H](C)NC(=O)CN2CCN(c3ccccc3F)CC2)cc1. The first-order valence-corrected chi connectivity index (χ1v) is 10.2. The van der Waals surface area contributed by atoms with Crippen LogP contribution in [0, 0.1) is 5.82 Å². The summed E-state index contributed by atoms with van der Waals surface area (Å²) < 4.78 is 13.9. The molecular weight excluding hydrogens is 353 g/mol. The zero-order chi connectivity index (χ0) is 19.9. The summed E-state index contributed by atoms with van der Waals surface area (Å²) in [6.07, 6.45) is 2.22. The first-order valence-electron chi connectivity index (χ1n) is 10.2.